The van der Waals surface area contributed by atoms with Gasteiger partial charge in [0.15, 0.2) is 0 Å². The molecule has 0 radical (unpaired) electrons. The topological polar surface area (TPSA) is 77.9 Å². The first-order valence-electron chi connectivity index (χ1n) is 6.80. The van der Waals surface area contributed by atoms with Crippen LogP contribution in [0.2, 0.25) is 0 Å². The van der Waals surface area contributed by atoms with E-state index in [4.69, 9.17) is 5.11 Å². The number of rotatable bonds is 4. The fraction of sp³-hybridized carbons (Fsp3) is 0.400. The SMILES string of the molecule is Cc1ccccc1N1CC(=O)N(CCC(=O)O)C(=O)C1C. The number of amides is 2. The van der Waals surface area contributed by atoms with Gasteiger partial charge in [-0.05, 0) is 25.5 Å². The second-order valence-electron chi connectivity index (χ2n) is 5.12. The maximum absolute atomic E-state index is 12.3. The van der Waals surface area contributed by atoms with Gasteiger partial charge >= 0.3 is 5.97 Å². The van der Waals surface area contributed by atoms with E-state index in [1.54, 1.807) is 11.8 Å². The molecule has 0 aromatic heterocycles. The van der Waals surface area contributed by atoms with Crippen molar-refractivity contribution in [2.45, 2.75) is 26.3 Å². The zero-order valence-electron chi connectivity index (χ0n) is 12.1. The molecule has 6 nitrogen and oxygen atoms in total. The van der Waals surface area contributed by atoms with Gasteiger partial charge in [-0.2, -0.15) is 0 Å². The largest absolute Gasteiger partial charge is 0.481 e. The van der Waals surface area contributed by atoms with Crippen LogP contribution in [0, 0.1) is 6.92 Å². The van der Waals surface area contributed by atoms with Crippen LogP contribution in [0.3, 0.4) is 0 Å². The molecule has 2 amide bonds. The number of nitrogens with zero attached hydrogens (tertiary/aromatic N) is 2. The number of carboxylic acid groups (broad SMARTS) is 1. The average Bonchev–Trinajstić information content (AvgIpc) is 2.43. The smallest absolute Gasteiger partial charge is 0.305 e. The molecule has 1 unspecified atom stereocenters. The van der Waals surface area contributed by atoms with Crippen LogP contribution < -0.4 is 4.90 Å². The summed E-state index contributed by atoms with van der Waals surface area (Å²) in [5.41, 5.74) is 1.84. The summed E-state index contributed by atoms with van der Waals surface area (Å²) in [6, 6.07) is 7.07. The number of piperazine rings is 1. The minimum Gasteiger partial charge on any atom is -0.481 e. The van der Waals surface area contributed by atoms with Gasteiger partial charge in [0.1, 0.15) is 6.04 Å². The van der Waals surface area contributed by atoms with Crippen LogP contribution in [0.25, 0.3) is 0 Å². The highest BCUT2D eigenvalue weighted by molar-refractivity contribution is 6.04. The maximum Gasteiger partial charge on any atom is 0.305 e. The van der Waals surface area contributed by atoms with Gasteiger partial charge < -0.3 is 10.0 Å². The second-order valence-corrected chi connectivity index (χ2v) is 5.12. The third-order valence-electron chi connectivity index (χ3n) is 3.67. The zero-order chi connectivity index (χ0) is 15.6. The first-order valence-corrected chi connectivity index (χ1v) is 6.80. The molecule has 1 aromatic carbocycles. The van der Waals surface area contributed by atoms with E-state index in [0.717, 1.165) is 16.2 Å². The molecular weight excluding hydrogens is 272 g/mol. The van der Waals surface area contributed by atoms with E-state index in [1.807, 2.05) is 31.2 Å². The predicted molar refractivity (Wildman–Crippen MR) is 77.0 cm³/mol. The molecule has 1 fully saturated rings. The highest BCUT2D eigenvalue weighted by Crippen LogP contribution is 2.25. The van der Waals surface area contributed by atoms with Crippen LogP contribution in [-0.2, 0) is 14.4 Å². The molecule has 1 aliphatic heterocycles. The number of imide groups is 1. The number of anilines is 1. The normalized spacial score (nSPS) is 19.0. The van der Waals surface area contributed by atoms with Gasteiger partial charge in [-0.25, -0.2) is 0 Å². The molecule has 21 heavy (non-hydrogen) atoms. The second kappa shape index (κ2) is 5.95. The lowest BCUT2D eigenvalue weighted by molar-refractivity contribution is -0.148. The summed E-state index contributed by atoms with van der Waals surface area (Å²) in [6.07, 6.45) is -0.228. The Morgan fingerprint density at radius 3 is 2.62 bits per heavy atom. The molecule has 0 bridgehead atoms. The van der Waals surface area contributed by atoms with Crippen molar-refractivity contribution in [2.24, 2.45) is 0 Å². The van der Waals surface area contributed by atoms with Gasteiger partial charge in [0.25, 0.3) is 5.91 Å². The molecule has 2 rings (SSSR count). The lowest BCUT2D eigenvalue weighted by atomic mass is 10.1. The van der Waals surface area contributed by atoms with Crippen LogP contribution in [0.1, 0.15) is 18.9 Å². The Morgan fingerprint density at radius 1 is 1.33 bits per heavy atom. The van der Waals surface area contributed by atoms with E-state index in [-0.39, 0.29) is 31.3 Å². The van der Waals surface area contributed by atoms with Crippen molar-refractivity contribution in [3.8, 4) is 0 Å². The third-order valence-corrected chi connectivity index (χ3v) is 3.67. The summed E-state index contributed by atoms with van der Waals surface area (Å²) in [5.74, 6) is -1.73. The number of aryl methyl sites for hydroxylation is 1. The van der Waals surface area contributed by atoms with E-state index in [2.05, 4.69) is 0 Å². The van der Waals surface area contributed by atoms with Crippen LogP contribution in [0.15, 0.2) is 24.3 Å². The first kappa shape index (κ1) is 15.0. The van der Waals surface area contributed by atoms with Gasteiger partial charge in [-0.1, -0.05) is 18.2 Å². The first-order chi connectivity index (χ1) is 9.91. The minimum absolute atomic E-state index is 0.0705. The van der Waals surface area contributed by atoms with Crippen molar-refractivity contribution in [1.29, 1.82) is 0 Å². The van der Waals surface area contributed by atoms with Gasteiger partial charge in [0.2, 0.25) is 5.91 Å². The Labute approximate surface area is 123 Å². The van der Waals surface area contributed by atoms with E-state index in [1.165, 1.54) is 0 Å². The van der Waals surface area contributed by atoms with E-state index >= 15 is 0 Å². The molecule has 1 heterocycles. The molecular formula is C15H18N2O4. The number of benzene rings is 1. The summed E-state index contributed by atoms with van der Waals surface area (Å²) >= 11 is 0. The molecule has 1 atom stereocenters. The lowest BCUT2D eigenvalue weighted by Crippen LogP contribution is -2.59. The van der Waals surface area contributed by atoms with Gasteiger partial charge in [-0.15, -0.1) is 0 Å². The molecule has 1 aromatic rings. The van der Waals surface area contributed by atoms with Crippen molar-refractivity contribution in [2.75, 3.05) is 18.0 Å². The van der Waals surface area contributed by atoms with Crippen LogP contribution in [0.5, 0.6) is 0 Å². The molecule has 0 spiro atoms. The van der Waals surface area contributed by atoms with E-state index in [9.17, 15) is 14.4 Å². The fourth-order valence-electron chi connectivity index (χ4n) is 2.47. The Balaban J connectivity index is 2.20. The van der Waals surface area contributed by atoms with Gasteiger partial charge in [0.05, 0.1) is 13.0 Å². The Kier molecular flexibility index (Phi) is 4.26. The van der Waals surface area contributed by atoms with E-state index < -0.39 is 12.0 Å². The van der Waals surface area contributed by atoms with Crippen molar-refractivity contribution in [3.63, 3.8) is 0 Å². The van der Waals surface area contributed by atoms with Crippen molar-refractivity contribution >= 4 is 23.5 Å². The molecule has 1 saturated heterocycles. The minimum atomic E-state index is -1.02. The van der Waals surface area contributed by atoms with Crippen molar-refractivity contribution in [1.82, 2.24) is 4.90 Å². The molecule has 1 aliphatic rings. The van der Waals surface area contributed by atoms with Crippen LogP contribution in [0.4, 0.5) is 5.69 Å². The molecule has 112 valence electrons. The number of para-hydroxylation sites is 1. The molecule has 0 saturated carbocycles. The summed E-state index contributed by atoms with van der Waals surface area (Å²) < 4.78 is 0. The number of carboxylic acids is 1. The Morgan fingerprint density at radius 2 is 2.00 bits per heavy atom. The molecule has 6 heteroatoms. The fourth-order valence-corrected chi connectivity index (χ4v) is 2.47. The Hall–Kier alpha value is -2.37. The molecule has 1 N–H and O–H groups in total. The van der Waals surface area contributed by atoms with Crippen LogP contribution in [-0.4, -0.2) is 46.9 Å². The van der Waals surface area contributed by atoms with E-state index in [0.29, 0.717) is 0 Å². The summed E-state index contributed by atoms with van der Waals surface area (Å²) in [5, 5.41) is 8.69. The summed E-state index contributed by atoms with van der Waals surface area (Å²) in [4.78, 5) is 37.9. The lowest BCUT2D eigenvalue weighted by Gasteiger charge is -2.39. The third kappa shape index (κ3) is 3.04. The summed E-state index contributed by atoms with van der Waals surface area (Å²) in [6.45, 7) is 3.67. The Bertz CT molecular complexity index is 585. The monoisotopic (exact) mass is 290 g/mol. The number of hydrogen-bond donors (Lipinski definition) is 1. The number of aliphatic carboxylic acids is 1. The summed E-state index contributed by atoms with van der Waals surface area (Å²) in [7, 11) is 0. The number of carbonyl (C=O) groups is 3. The standard InChI is InChI=1S/C15H18N2O4/c1-10-5-3-4-6-12(10)17-9-13(18)16(8-7-14(19)20)15(21)11(17)2/h3-6,11H,7-9H2,1-2H3,(H,19,20). The average molecular weight is 290 g/mol. The van der Waals surface area contributed by atoms with Gasteiger partial charge in [0, 0.05) is 12.2 Å². The highest BCUT2D eigenvalue weighted by Gasteiger charge is 2.37. The quantitative estimate of drug-likeness (QED) is 0.838. The highest BCUT2D eigenvalue weighted by atomic mass is 16.4. The number of carbonyl (C=O) groups excluding carboxylic acids is 2. The van der Waals surface area contributed by atoms with Crippen molar-refractivity contribution < 1.29 is 19.5 Å². The maximum atomic E-state index is 12.3. The van der Waals surface area contributed by atoms with Crippen molar-refractivity contribution in [3.05, 3.63) is 29.8 Å². The van der Waals surface area contributed by atoms with Crippen LogP contribution >= 0.6 is 0 Å². The number of hydrogen-bond acceptors (Lipinski definition) is 4. The predicted octanol–water partition coefficient (Wildman–Crippen LogP) is 1.03. The zero-order valence-corrected chi connectivity index (χ0v) is 12.1. The molecule has 0 aliphatic carbocycles. The van der Waals surface area contributed by atoms with Gasteiger partial charge in [-0.3, -0.25) is 19.3 Å².